The van der Waals surface area contributed by atoms with Gasteiger partial charge in [0.1, 0.15) is 11.6 Å². The number of carbonyl (C=O) groups is 1. The van der Waals surface area contributed by atoms with Crippen molar-refractivity contribution in [3.8, 4) is 23.3 Å². The minimum atomic E-state index is -0.450. The van der Waals surface area contributed by atoms with Gasteiger partial charge in [-0.3, -0.25) is 4.79 Å². The van der Waals surface area contributed by atoms with E-state index in [4.69, 9.17) is 19.5 Å². The van der Waals surface area contributed by atoms with Crippen molar-refractivity contribution in [1.82, 2.24) is 9.97 Å². The fourth-order valence-electron chi connectivity index (χ4n) is 2.22. The monoisotopic (exact) mass is 386 g/mol. The first-order valence-corrected chi connectivity index (χ1v) is 8.89. The molecule has 0 radical (unpaired) electrons. The number of hydrogen-bond acceptors (Lipinski definition) is 8. The van der Waals surface area contributed by atoms with E-state index >= 15 is 0 Å². The summed E-state index contributed by atoms with van der Waals surface area (Å²) < 4.78 is 15.9. The number of nitrogens with zero attached hydrogens (tertiary/aromatic N) is 3. The molecule has 1 heterocycles. The largest absolute Gasteiger partial charge is 0.493 e. The van der Waals surface area contributed by atoms with Crippen LogP contribution in [0.25, 0.3) is 6.08 Å². The fraction of sp³-hybridized carbons (Fsp3) is 0.222. The molecule has 2 rings (SSSR count). The van der Waals surface area contributed by atoms with Crippen LogP contribution in [0.3, 0.4) is 0 Å². The Morgan fingerprint density at radius 2 is 1.96 bits per heavy atom. The molecule has 1 aromatic carbocycles. The molecular weight excluding hydrogens is 368 g/mol. The SMILES string of the molecule is COc1ccc(C=CC(=O)Nc2nc(SC)ncc2C#N)c(OC)c1OC. The summed E-state index contributed by atoms with van der Waals surface area (Å²) in [6.45, 7) is 0. The average Bonchev–Trinajstić information content (AvgIpc) is 2.71. The highest BCUT2D eigenvalue weighted by atomic mass is 32.2. The Hall–Kier alpha value is -3.25. The van der Waals surface area contributed by atoms with Crippen LogP contribution in [0.15, 0.2) is 29.6 Å². The van der Waals surface area contributed by atoms with E-state index < -0.39 is 5.91 Å². The zero-order valence-electron chi connectivity index (χ0n) is 15.3. The van der Waals surface area contributed by atoms with E-state index in [2.05, 4.69) is 15.3 Å². The number of aromatic nitrogens is 2. The number of amides is 1. The number of hydrogen-bond donors (Lipinski definition) is 1. The first kappa shape index (κ1) is 20.1. The maximum absolute atomic E-state index is 12.3. The summed E-state index contributed by atoms with van der Waals surface area (Å²) in [6, 6.07) is 5.40. The van der Waals surface area contributed by atoms with Crippen LogP contribution in [0.5, 0.6) is 17.2 Å². The molecule has 0 aliphatic heterocycles. The van der Waals surface area contributed by atoms with Crippen LogP contribution < -0.4 is 19.5 Å². The van der Waals surface area contributed by atoms with E-state index in [1.165, 1.54) is 45.4 Å². The smallest absolute Gasteiger partial charge is 0.249 e. The van der Waals surface area contributed by atoms with Gasteiger partial charge in [0.05, 0.1) is 27.5 Å². The minimum Gasteiger partial charge on any atom is -0.493 e. The van der Waals surface area contributed by atoms with Gasteiger partial charge in [-0.1, -0.05) is 11.8 Å². The summed E-state index contributed by atoms with van der Waals surface area (Å²) in [5.74, 6) is 1.08. The van der Waals surface area contributed by atoms with Crippen molar-refractivity contribution in [3.63, 3.8) is 0 Å². The quantitative estimate of drug-likeness (QED) is 0.440. The molecule has 9 heteroatoms. The third kappa shape index (κ3) is 4.68. The molecule has 0 atom stereocenters. The number of carbonyl (C=O) groups excluding carboxylic acids is 1. The molecule has 1 N–H and O–H groups in total. The maximum atomic E-state index is 12.3. The van der Waals surface area contributed by atoms with Gasteiger partial charge in [-0.2, -0.15) is 5.26 Å². The van der Waals surface area contributed by atoms with Crippen molar-refractivity contribution in [2.75, 3.05) is 32.9 Å². The molecule has 1 amide bonds. The van der Waals surface area contributed by atoms with Gasteiger partial charge < -0.3 is 19.5 Å². The number of thioether (sulfide) groups is 1. The van der Waals surface area contributed by atoms with Crippen molar-refractivity contribution in [3.05, 3.63) is 35.5 Å². The lowest BCUT2D eigenvalue weighted by Crippen LogP contribution is -2.11. The highest BCUT2D eigenvalue weighted by Crippen LogP contribution is 2.40. The number of anilines is 1. The van der Waals surface area contributed by atoms with E-state index in [1.54, 1.807) is 24.5 Å². The standard InChI is InChI=1S/C18H18N4O4S/c1-24-13-7-5-11(15(25-2)16(13)26-3)6-8-14(23)21-17-12(9-19)10-20-18(22-17)27-4/h5-8,10H,1-4H3,(H,20,21,22,23). The topological polar surface area (TPSA) is 106 Å². The first-order chi connectivity index (χ1) is 13.1. The number of nitriles is 1. The Balaban J connectivity index is 2.27. The Bertz CT molecular complexity index is 909. The maximum Gasteiger partial charge on any atom is 0.249 e. The van der Waals surface area contributed by atoms with Crippen molar-refractivity contribution in [2.45, 2.75) is 5.16 Å². The molecule has 8 nitrogen and oxygen atoms in total. The van der Waals surface area contributed by atoms with Gasteiger partial charge >= 0.3 is 0 Å². The Labute approximate surface area is 161 Å². The minimum absolute atomic E-state index is 0.158. The highest BCUT2D eigenvalue weighted by Gasteiger charge is 2.15. The van der Waals surface area contributed by atoms with Crippen LogP contribution >= 0.6 is 11.8 Å². The molecular formula is C18H18N4O4S. The van der Waals surface area contributed by atoms with Gasteiger partial charge in [-0.25, -0.2) is 9.97 Å². The first-order valence-electron chi connectivity index (χ1n) is 7.67. The second-order valence-electron chi connectivity index (χ2n) is 4.98. The predicted octanol–water partition coefficient (Wildman–Crippen LogP) is 2.75. The van der Waals surface area contributed by atoms with Crippen molar-refractivity contribution < 1.29 is 19.0 Å². The lowest BCUT2D eigenvalue weighted by molar-refractivity contribution is -0.111. The predicted molar refractivity (Wildman–Crippen MR) is 102 cm³/mol. The molecule has 0 spiro atoms. The Kier molecular flexibility index (Phi) is 7.02. The van der Waals surface area contributed by atoms with Crippen LogP contribution in [-0.4, -0.2) is 43.5 Å². The van der Waals surface area contributed by atoms with Crippen LogP contribution in [-0.2, 0) is 4.79 Å². The fourth-order valence-corrected chi connectivity index (χ4v) is 2.56. The molecule has 0 aliphatic rings. The van der Waals surface area contributed by atoms with Gasteiger partial charge in [-0.05, 0) is 24.5 Å². The van der Waals surface area contributed by atoms with Crippen molar-refractivity contribution in [2.24, 2.45) is 0 Å². The van der Waals surface area contributed by atoms with Gasteiger partial charge in [0, 0.05) is 11.6 Å². The average molecular weight is 386 g/mol. The second kappa shape index (κ2) is 9.45. The van der Waals surface area contributed by atoms with E-state index in [9.17, 15) is 4.79 Å². The van der Waals surface area contributed by atoms with E-state index in [0.717, 1.165) is 0 Å². The molecule has 140 valence electrons. The zero-order valence-corrected chi connectivity index (χ0v) is 16.1. The summed E-state index contributed by atoms with van der Waals surface area (Å²) in [6.07, 6.45) is 6.05. The number of benzene rings is 1. The van der Waals surface area contributed by atoms with E-state index in [1.807, 2.05) is 6.07 Å². The zero-order chi connectivity index (χ0) is 19.8. The van der Waals surface area contributed by atoms with Crippen molar-refractivity contribution >= 4 is 29.6 Å². The highest BCUT2D eigenvalue weighted by molar-refractivity contribution is 7.98. The molecule has 0 bridgehead atoms. The third-order valence-corrected chi connectivity index (χ3v) is 4.02. The molecule has 27 heavy (non-hydrogen) atoms. The van der Waals surface area contributed by atoms with Gasteiger partial charge in [-0.15, -0.1) is 0 Å². The molecule has 0 fully saturated rings. The number of nitrogens with one attached hydrogen (secondary N) is 1. The molecule has 1 aromatic heterocycles. The summed E-state index contributed by atoms with van der Waals surface area (Å²) in [4.78, 5) is 20.4. The summed E-state index contributed by atoms with van der Waals surface area (Å²) in [5, 5.41) is 12.2. The van der Waals surface area contributed by atoms with Crippen LogP contribution in [0.2, 0.25) is 0 Å². The summed E-state index contributed by atoms with van der Waals surface area (Å²) >= 11 is 1.31. The van der Waals surface area contributed by atoms with Crippen LogP contribution in [0.1, 0.15) is 11.1 Å². The van der Waals surface area contributed by atoms with E-state index in [-0.39, 0.29) is 11.4 Å². The molecule has 0 saturated heterocycles. The second-order valence-corrected chi connectivity index (χ2v) is 5.75. The lowest BCUT2D eigenvalue weighted by Gasteiger charge is -2.14. The third-order valence-electron chi connectivity index (χ3n) is 3.46. The molecule has 0 saturated carbocycles. The van der Waals surface area contributed by atoms with Gasteiger partial charge in [0.15, 0.2) is 22.5 Å². The van der Waals surface area contributed by atoms with Gasteiger partial charge in [0.25, 0.3) is 0 Å². The Morgan fingerprint density at radius 3 is 2.56 bits per heavy atom. The Morgan fingerprint density at radius 1 is 1.22 bits per heavy atom. The lowest BCUT2D eigenvalue weighted by atomic mass is 10.1. The molecule has 2 aromatic rings. The van der Waals surface area contributed by atoms with Crippen molar-refractivity contribution in [1.29, 1.82) is 5.26 Å². The number of ether oxygens (including phenoxy) is 3. The number of rotatable bonds is 7. The summed E-state index contributed by atoms with van der Waals surface area (Å²) in [5.41, 5.74) is 0.802. The summed E-state index contributed by atoms with van der Waals surface area (Å²) in [7, 11) is 4.53. The van der Waals surface area contributed by atoms with Crippen LogP contribution in [0, 0.1) is 11.3 Å². The number of methoxy groups -OCH3 is 3. The van der Waals surface area contributed by atoms with Crippen LogP contribution in [0.4, 0.5) is 5.82 Å². The normalized spacial score (nSPS) is 10.3. The van der Waals surface area contributed by atoms with E-state index in [0.29, 0.717) is 28.0 Å². The van der Waals surface area contributed by atoms with Gasteiger partial charge in [0.2, 0.25) is 11.7 Å². The molecule has 0 aliphatic carbocycles. The molecule has 0 unspecified atom stereocenters.